The number of hydrogen-bond donors (Lipinski definition) is 0. The molecule has 2 saturated heterocycles. The van der Waals surface area contributed by atoms with Crippen molar-refractivity contribution in [2.45, 2.75) is 38.3 Å². The Bertz CT molecular complexity index is 892. The average molecular weight is 382 g/mol. The van der Waals surface area contributed by atoms with Crippen molar-refractivity contribution in [2.75, 3.05) is 13.1 Å². The van der Waals surface area contributed by atoms with E-state index in [0.29, 0.717) is 44.5 Å². The zero-order valence-electron chi connectivity index (χ0n) is 15.9. The number of piperidine rings is 1. The lowest BCUT2D eigenvalue weighted by Crippen LogP contribution is -2.47. The van der Waals surface area contributed by atoms with E-state index in [1.54, 1.807) is 17.9 Å². The molecule has 28 heavy (non-hydrogen) atoms. The van der Waals surface area contributed by atoms with E-state index in [1.807, 2.05) is 30.3 Å². The summed E-state index contributed by atoms with van der Waals surface area (Å²) in [5.74, 6) is -0.606. The number of carbonyl (C=O) groups is 2. The Hall–Kier alpha value is -2.73. The van der Waals surface area contributed by atoms with Gasteiger partial charge in [0, 0.05) is 18.7 Å². The van der Waals surface area contributed by atoms with E-state index in [2.05, 4.69) is 0 Å². The molecule has 4 rings (SSSR count). The van der Waals surface area contributed by atoms with Crippen LogP contribution in [0.1, 0.15) is 40.7 Å². The van der Waals surface area contributed by atoms with Crippen molar-refractivity contribution < 1.29 is 18.8 Å². The number of amides is 2. The molecule has 0 aliphatic carbocycles. The smallest absolute Gasteiger partial charge is 0.254 e. The molecule has 2 aliphatic rings. The first-order chi connectivity index (χ1) is 13.5. The number of benzene rings is 2. The molecule has 2 aliphatic heterocycles. The summed E-state index contributed by atoms with van der Waals surface area (Å²) in [6.07, 6.45) is 1.51. The number of hydroxylamine groups is 2. The van der Waals surface area contributed by atoms with E-state index in [9.17, 15) is 14.0 Å². The molecule has 0 saturated carbocycles. The van der Waals surface area contributed by atoms with Crippen LogP contribution in [-0.4, -0.2) is 40.5 Å². The van der Waals surface area contributed by atoms with Crippen LogP contribution in [0.2, 0.25) is 0 Å². The maximum absolute atomic E-state index is 13.5. The van der Waals surface area contributed by atoms with E-state index >= 15 is 0 Å². The third kappa shape index (κ3) is 3.64. The molecule has 1 spiro atoms. The van der Waals surface area contributed by atoms with Crippen LogP contribution in [0.25, 0.3) is 0 Å². The number of nitrogens with zero attached hydrogens (tertiary/aromatic N) is 2. The Morgan fingerprint density at radius 3 is 2.57 bits per heavy atom. The van der Waals surface area contributed by atoms with E-state index in [-0.39, 0.29) is 11.8 Å². The summed E-state index contributed by atoms with van der Waals surface area (Å²) in [4.78, 5) is 33.0. The fourth-order valence-corrected chi connectivity index (χ4v) is 3.93. The number of hydrogen-bond acceptors (Lipinski definition) is 3. The Labute approximate surface area is 163 Å². The lowest BCUT2D eigenvalue weighted by atomic mass is 9.88. The van der Waals surface area contributed by atoms with Crippen LogP contribution in [0, 0.1) is 12.7 Å². The summed E-state index contributed by atoms with van der Waals surface area (Å²) in [6, 6.07) is 14.0. The van der Waals surface area contributed by atoms with Crippen molar-refractivity contribution in [1.82, 2.24) is 9.96 Å². The first-order valence-corrected chi connectivity index (χ1v) is 9.55. The second-order valence-electron chi connectivity index (χ2n) is 7.62. The van der Waals surface area contributed by atoms with Gasteiger partial charge in [-0.2, -0.15) is 0 Å². The summed E-state index contributed by atoms with van der Waals surface area (Å²) in [5.41, 5.74) is 1.62. The van der Waals surface area contributed by atoms with E-state index < -0.39 is 11.4 Å². The lowest BCUT2D eigenvalue weighted by molar-refractivity contribution is -0.213. The highest BCUT2D eigenvalue weighted by molar-refractivity contribution is 5.95. The summed E-state index contributed by atoms with van der Waals surface area (Å²) < 4.78 is 13.5. The van der Waals surface area contributed by atoms with Crippen molar-refractivity contribution >= 4 is 11.8 Å². The summed E-state index contributed by atoms with van der Waals surface area (Å²) in [7, 11) is 0. The normalized spacial score (nSPS) is 18.7. The van der Waals surface area contributed by atoms with Gasteiger partial charge < -0.3 is 4.90 Å². The number of likely N-dealkylation sites (tertiary alicyclic amines) is 1. The van der Waals surface area contributed by atoms with Crippen LogP contribution in [0.5, 0.6) is 0 Å². The molecule has 2 aromatic rings. The van der Waals surface area contributed by atoms with Gasteiger partial charge in [-0.3, -0.25) is 14.4 Å². The van der Waals surface area contributed by atoms with Crippen LogP contribution < -0.4 is 0 Å². The minimum Gasteiger partial charge on any atom is -0.338 e. The van der Waals surface area contributed by atoms with Crippen molar-refractivity contribution in [1.29, 1.82) is 0 Å². The molecule has 5 nitrogen and oxygen atoms in total. The minimum absolute atomic E-state index is 0.0235. The summed E-state index contributed by atoms with van der Waals surface area (Å²) >= 11 is 0. The molecule has 2 fully saturated rings. The zero-order chi connectivity index (χ0) is 19.7. The molecule has 0 N–H and O–H groups in total. The van der Waals surface area contributed by atoms with Gasteiger partial charge in [-0.1, -0.05) is 36.4 Å². The van der Waals surface area contributed by atoms with Crippen LogP contribution in [0.3, 0.4) is 0 Å². The molecule has 2 amide bonds. The van der Waals surface area contributed by atoms with Gasteiger partial charge in [-0.25, -0.2) is 9.45 Å². The Kier molecular flexibility index (Phi) is 4.89. The highest BCUT2D eigenvalue weighted by atomic mass is 19.1. The maximum Gasteiger partial charge on any atom is 0.254 e. The Balaban J connectivity index is 1.40. The highest BCUT2D eigenvalue weighted by Crippen LogP contribution is 2.37. The zero-order valence-corrected chi connectivity index (χ0v) is 15.9. The van der Waals surface area contributed by atoms with Crippen LogP contribution in [0.4, 0.5) is 4.39 Å². The number of carbonyl (C=O) groups excluding carboxylic acids is 2. The van der Waals surface area contributed by atoms with Crippen LogP contribution in [0.15, 0.2) is 48.5 Å². The van der Waals surface area contributed by atoms with Crippen LogP contribution in [-0.2, 0) is 16.2 Å². The predicted octanol–water partition coefficient (Wildman–Crippen LogP) is 3.47. The number of rotatable bonds is 3. The molecular weight excluding hydrogens is 359 g/mol. The lowest BCUT2D eigenvalue weighted by Gasteiger charge is -2.38. The second-order valence-corrected chi connectivity index (χ2v) is 7.62. The first kappa shape index (κ1) is 18.6. The molecule has 0 atom stereocenters. The fraction of sp³-hybridized carbons (Fsp3) is 0.364. The van der Waals surface area contributed by atoms with Gasteiger partial charge in [0.15, 0.2) is 0 Å². The van der Waals surface area contributed by atoms with Gasteiger partial charge in [0.05, 0.1) is 13.0 Å². The highest BCUT2D eigenvalue weighted by Gasteiger charge is 2.47. The second kappa shape index (κ2) is 7.36. The van der Waals surface area contributed by atoms with Crippen molar-refractivity contribution in [3.05, 3.63) is 71.0 Å². The average Bonchev–Trinajstić information content (AvgIpc) is 2.99. The third-order valence-electron chi connectivity index (χ3n) is 5.62. The molecule has 0 bridgehead atoms. The number of halogens is 1. The molecule has 2 heterocycles. The van der Waals surface area contributed by atoms with E-state index in [0.717, 1.165) is 11.1 Å². The quantitative estimate of drug-likeness (QED) is 0.817. The van der Waals surface area contributed by atoms with Gasteiger partial charge in [-0.15, -0.1) is 0 Å². The minimum atomic E-state index is -0.542. The van der Waals surface area contributed by atoms with Gasteiger partial charge in [-0.05, 0) is 43.0 Å². The van der Waals surface area contributed by atoms with E-state index in [4.69, 9.17) is 4.84 Å². The molecule has 6 heteroatoms. The van der Waals surface area contributed by atoms with Crippen molar-refractivity contribution in [3.63, 3.8) is 0 Å². The van der Waals surface area contributed by atoms with Gasteiger partial charge in [0.25, 0.3) is 5.91 Å². The van der Waals surface area contributed by atoms with Crippen molar-refractivity contribution in [2.24, 2.45) is 0 Å². The Morgan fingerprint density at radius 2 is 1.86 bits per heavy atom. The Morgan fingerprint density at radius 1 is 1.14 bits per heavy atom. The largest absolute Gasteiger partial charge is 0.338 e. The molecule has 0 unspecified atom stereocenters. The fourth-order valence-electron chi connectivity index (χ4n) is 3.93. The molecular formula is C22H23FN2O3. The SMILES string of the molecule is Cc1ccc(F)cc1C(=O)N1CCC2(CC1)CC(=O)N(Cc1ccccc1)O2. The maximum atomic E-state index is 13.5. The van der Waals surface area contributed by atoms with Gasteiger partial charge in [0.2, 0.25) is 5.91 Å². The van der Waals surface area contributed by atoms with Crippen molar-refractivity contribution in [3.8, 4) is 0 Å². The van der Waals surface area contributed by atoms with Crippen LogP contribution >= 0.6 is 0 Å². The first-order valence-electron chi connectivity index (χ1n) is 9.55. The molecule has 0 aromatic heterocycles. The summed E-state index contributed by atoms with van der Waals surface area (Å²) in [5, 5.41) is 1.45. The molecule has 2 aromatic carbocycles. The number of aryl methyl sites for hydroxylation is 1. The molecule has 0 radical (unpaired) electrons. The molecule has 146 valence electrons. The topological polar surface area (TPSA) is 49.9 Å². The standard InChI is InChI=1S/C22H23FN2O3/c1-16-7-8-18(23)13-19(16)21(27)24-11-9-22(10-12-24)14-20(26)25(28-22)15-17-5-3-2-4-6-17/h2-8,13H,9-12,14-15H2,1H3. The predicted molar refractivity (Wildman–Crippen MR) is 102 cm³/mol. The monoisotopic (exact) mass is 382 g/mol. The van der Waals surface area contributed by atoms with Gasteiger partial charge >= 0.3 is 0 Å². The van der Waals surface area contributed by atoms with E-state index in [1.165, 1.54) is 17.2 Å². The third-order valence-corrected chi connectivity index (χ3v) is 5.62. The summed E-state index contributed by atoms with van der Waals surface area (Å²) in [6.45, 7) is 3.20. The van der Waals surface area contributed by atoms with Gasteiger partial charge in [0.1, 0.15) is 11.4 Å².